The zero-order valence-electron chi connectivity index (χ0n) is 20.0. The van der Waals surface area contributed by atoms with E-state index in [4.69, 9.17) is 4.74 Å². The molecule has 0 heterocycles. The third-order valence-corrected chi connectivity index (χ3v) is 6.09. The Morgan fingerprint density at radius 2 is 1.33 bits per heavy atom. The van der Waals surface area contributed by atoms with Gasteiger partial charge in [0.15, 0.2) is 0 Å². The molecule has 1 unspecified atom stereocenters. The van der Waals surface area contributed by atoms with Gasteiger partial charge in [0.25, 0.3) is 0 Å². The lowest BCUT2D eigenvalue weighted by molar-refractivity contribution is 0.00384. The van der Waals surface area contributed by atoms with Crippen LogP contribution in [0.1, 0.15) is 55.7 Å². The van der Waals surface area contributed by atoms with Crippen molar-refractivity contribution >= 4 is 0 Å². The Balaban J connectivity index is 1.52. The summed E-state index contributed by atoms with van der Waals surface area (Å²) in [6, 6.07) is 28.9. The number of hydrogen-bond donors (Lipinski definition) is 1. The van der Waals surface area contributed by atoms with Gasteiger partial charge in [-0.3, -0.25) is 4.90 Å². The maximum Gasteiger partial charge on any atom is 0.119 e. The number of nitrogens with zero attached hydrogens (tertiary/aromatic N) is 1. The van der Waals surface area contributed by atoms with Crippen LogP contribution in [0, 0.1) is 0 Å². The minimum atomic E-state index is -0.466. The molecule has 0 amide bonds. The molecular formula is C30H39NO2. The van der Waals surface area contributed by atoms with E-state index in [0.29, 0.717) is 13.0 Å². The molecule has 0 bridgehead atoms. The molecule has 0 spiro atoms. The Morgan fingerprint density at radius 3 is 2.03 bits per heavy atom. The predicted octanol–water partition coefficient (Wildman–Crippen LogP) is 6.64. The maximum atomic E-state index is 11.1. The minimum Gasteiger partial charge on any atom is -0.489 e. The smallest absolute Gasteiger partial charge is 0.119 e. The van der Waals surface area contributed by atoms with E-state index in [1.807, 2.05) is 30.3 Å². The SMILES string of the molecule is CCCCCCCN(CCc1ccccc1)C(O)Cc1ccc(COc2ccccc2)cc1. The Labute approximate surface area is 200 Å². The highest BCUT2D eigenvalue weighted by atomic mass is 16.5. The number of rotatable bonds is 15. The van der Waals surface area contributed by atoms with Gasteiger partial charge in [-0.2, -0.15) is 0 Å². The summed E-state index contributed by atoms with van der Waals surface area (Å²) >= 11 is 0. The van der Waals surface area contributed by atoms with Crippen molar-refractivity contribution < 1.29 is 9.84 Å². The van der Waals surface area contributed by atoms with E-state index < -0.39 is 6.23 Å². The monoisotopic (exact) mass is 445 g/mol. The normalized spacial score (nSPS) is 12.1. The van der Waals surface area contributed by atoms with Gasteiger partial charge < -0.3 is 9.84 Å². The quantitative estimate of drug-likeness (QED) is 0.210. The molecular weight excluding hydrogens is 406 g/mol. The molecule has 0 fully saturated rings. The Morgan fingerprint density at radius 1 is 0.697 bits per heavy atom. The van der Waals surface area contributed by atoms with Gasteiger partial charge >= 0.3 is 0 Å². The van der Waals surface area contributed by atoms with Crippen LogP contribution in [0.25, 0.3) is 0 Å². The van der Waals surface area contributed by atoms with Crippen LogP contribution >= 0.6 is 0 Å². The summed E-state index contributed by atoms with van der Waals surface area (Å²) in [5.74, 6) is 0.880. The van der Waals surface area contributed by atoms with Gasteiger partial charge in [0.2, 0.25) is 0 Å². The van der Waals surface area contributed by atoms with Crippen LogP contribution in [-0.2, 0) is 19.4 Å². The summed E-state index contributed by atoms with van der Waals surface area (Å²) in [4.78, 5) is 2.26. The lowest BCUT2D eigenvalue weighted by Crippen LogP contribution is -2.39. The molecule has 0 radical (unpaired) electrons. The Kier molecular flexibility index (Phi) is 11.0. The third kappa shape index (κ3) is 9.41. The standard InChI is InChI=1S/C30H39NO2/c1-2-3-4-5-12-22-31(23-21-26-13-8-6-9-14-26)30(32)24-27-17-19-28(20-18-27)25-33-29-15-10-7-11-16-29/h6-11,13-20,30,32H,2-5,12,21-25H2,1H3. The van der Waals surface area contributed by atoms with Crippen molar-refractivity contribution in [2.75, 3.05) is 13.1 Å². The van der Waals surface area contributed by atoms with Gasteiger partial charge in [0.1, 0.15) is 18.6 Å². The summed E-state index contributed by atoms with van der Waals surface area (Å²) in [5.41, 5.74) is 3.61. The van der Waals surface area contributed by atoms with Crippen molar-refractivity contribution in [1.29, 1.82) is 0 Å². The Bertz CT molecular complexity index is 880. The van der Waals surface area contributed by atoms with E-state index in [1.165, 1.54) is 31.2 Å². The molecule has 3 aromatic carbocycles. The molecule has 3 aromatic rings. The van der Waals surface area contributed by atoms with E-state index in [1.54, 1.807) is 0 Å². The fourth-order valence-electron chi connectivity index (χ4n) is 4.04. The molecule has 1 atom stereocenters. The molecule has 0 aromatic heterocycles. The lowest BCUT2D eigenvalue weighted by atomic mass is 10.1. The molecule has 0 aliphatic rings. The van der Waals surface area contributed by atoms with E-state index in [-0.39, 0.29) is 0 Å². The van der Waals surface area contributed by atoms with Crippen molar-refractivity contribution in [2.45, 2.75) is 64.7 Å². The van der Waals surface area contributed by atoms with Crippen molar-refractivity contribution in [3.8, 4) is 5.75 Å². The van der Waals surface area contributed by atoms with Crippen LogP contribution in [0.4, 0.5) is 0 Å². The molecule has 0 saturated heterocycles. The van der Waals surface area contributed by atoms with Gasteiger partial charge in [-0.05, 0) is 41.7 Å². The summed E-state index contributed by atoms with van der Waals surface area (Å²) < 4.78 is 5.84. The van der Waals surface area contributed by atoms with Crippen molar-refractivity contribution in [1.82, 2.24) is 4.90 Å². The van der Waals surface area contributed by atoms with Crippen LogP contribution in [0.3, 0.4) is 0 Å². The highest BCUT2D eigenvalue weighted by molar-refractivity contribution is 5.25. The van der Waals surface area contributed by atoms with Crippen LogP contribution in [0.5, 0.6) is 5.75 Å². The van der Waals surface area contributed by atoms with Gasteiger partial charge in [-0.1, -0.05) is 105 Å². The number of ether oxygens (including phenoxy) is 1. The third-order valence-electron chi connectivity index (χ3n) is 6.09. The predicted molar refractivity (Wildman–Crippen MR) is 137 cm³/mol. The largest absolute Gasteiger partial charge is 0.489 e. The average Bonchev–Trinajstić information content (AvgIpc) is 2.86. The highest BCUT2D eigenvalue weighted by Gasteiger charge is 2.16. The summed E-state index contributed by atoms with van der Waals surface area (Å²) in [5, 5.41) is 11.1. The summed E-state index contributed by atoms with van der Waals surface area (Å²) in [6.45, 7) is 4.62. The second-order valence-corrected chi connectivity index (χ2v) is 8.79. The average molecular weight is 446 g/mol. The van der Waals surface area contributed by atoms with Gasteiger partial charge in [0.05, 0.1) is 0 Å². The Hall–Kier alpha value is -2.62. The minimum absolute atomic E-state index is 0.466. The number of para-hydroxylation sites is 1. The molecule has 3 rings (SSSR count). The van der Waals surface area contributed by atoms with E-state index in [2.05, 4.69) is 66.4 Å². The topological polar surface area (TPSA) is 32.7 Å². The van der Waals surface area contributed by atoms with Crippen molar-refractivity contribution in [2.24, 2.45) is 0 Å². The van der Waals surface area contributed by atoms with Crippen LogP contribution in [0.2, 0.25) is 0 Å². The second-order valence-electron chi connectivity index (χ2n) is 8.79. The fourth-order valence-corrected chi connectivity index (χ4v) is 4.04. The van der Waals surface area contributed by atoms with Crippen molar-refractivity contribution in [3.63, 3.8) is 0 Å². The number of hydrogen-bond acceptors (Lipinski definition) is 3. The highest BCUT2D eigenvalue weighted by Crippen LogP contribution is 2.15. The number of aliphatic hydroxyl groups excluding tert-OH is 1. The first kappa shape index (κ1) is 25.0. The van der Waals surface area contributed by atoms with E-state index in [9.17, 15) is 5.11 Å². The van der Waals surface area contributed by atoms with Crippen molar-refractivity contribution in [3.05, 3.63) is 102 Å². The van der Waals surface area contributed by atoms with Gasteiger partial charge in [-0.25, -0.2) is 0 Å². The second kappa shape index (κ2) is 14.5. The molecule has 3 heteroatoms. The molecule has 176 valence electrons. The number of aliphatic hydroxyl groups is 1. The molecule has 0 aliphatic carbocycles. The maximum absolute atomic E-state index is 11.1. The van der Waals surface area contributed by atoms with Gasteiger partial charge in [0, 0.05) is 19.5 Å². The molecule has 33 heavy (non-hydrogen) atoms. The molecule has 0 aliphatic heterocycles. The number of unbranched alkanes of at least 4 members (excludes halogenated alkanes) is 4. The first-order valence-corrected chi connectivity index (χ1v) is 12.5. The first-order valence-electron chi connectivity index (χ1n) is 12.5. The van der Waals surface area contributed by atoms with Crippen LogP contribution < -0.4 is 4.74 Å². The van der Waals surface area contributed by atoms with Crippen LogP contribution in [-0.4, -0.2) is 29.3 Å². The fraction of sp³-hybridized carbons (Fsp3) is 0.400. The first-order chi connectivity index (χ1) is 16.2. The summed E-state index contributed by atoms with van der Waals surface area (Å²) in [7, 11) is 0. The van der Waals surface area contributed by atoms with E-state index in [0.717, 1.165) is 42.8 Å². The van der Waals surface area contributed by atoms with Crippen LogP contribution in [0.15, 0.2) is 84.9 Å². The summed E-state index contributed by atoms with van der Waals surface area (Å²) in [6.07, 6.45) is 7.35. The lowest BCUT2D eigenvalue weighted by Gasteiger charge is -2.28. The zero-order chi connectivity index (χ0) is 23.1. The van der Waals surface area contributed by atoms with Gasteiger partial charge in [-0.15, -0.1) is 0 Å². The van der Waals surface area contributed by atoms with E-state index >= 15 is 0 Å². The molecule has 1 N–H and O–H groups in total. The molecule has 0 saturated carbocycles. The number of benzene rings is 3. The zero-order valence-corrected chi connectivity index (χ0v) is 20.0. The molecule has 3 nitrogen and oxygen atoms in total.